The first kappa shape index (κ1) is 9.50. The number of hydrogen-bond donors (Lipinski definition) is 2. The minimum absolute atomic E-state index is 0.0760. The second-order valence-electron chi connectivity index (χ2n) is 2.50. The highest BCUT2D eigenvalue weighted by Gasteiger charge is 2.06. The van der Waals surface area contributed by atoms with Gasteiger partial charge in [0.15, 0.2) is 5.75 Å². The molecule has 1 aromatic carbocycles. The predicted octanol–water partition coefficient (Wildman–Crippen LogP) is 1.48. The summed E-state index contributed by atoms with van der Waals surface area (Å²) in [6.45, 7) is 1.71. The Morgan fingerprint density at radius 3 is 2.62 bits per heavy atom. The Labute approximate surface area is 74.0 Å². The molecule has 1 aromatic rings. The minimum atomic E-state index is -1.06. The van der Waals surface area contributed by atoms with Gasteiger partial charge in [-0.25, -0.2) is 10.1 Å². The average molecular weight is 184 g/mol. The Balaban J connectivity index is 3.03. The molecule has 0 aliphatic heterocycles. The van der Waals surface area contributed by atoms with E-state index in [1.54, 1.807) is 6.92 Å². The van der Waals surface area contributed by atoms with Gasteiger partial charge in [0.25, 0.3) is 0 Å². The molecule has 5 heteroatoms. The van der Waals surface area contributed by atoms with Crippen molar-refractivity contribution < 1.29 is 25.1 Å². The number of benzene rings is 1. The van der Waals surface area contributed by atoms with E-state index in [0.29, 0.717) is 5.56 Å². The van der Waals surface area contributed by atoms with Gasteiger partial charge in [0.1, 0.15) is 0 Å². The first-order valence-corrected chi connectivity index (χ1v) is 3.46. The van der Waals surface area contributed by atoms with E-state index in [4.69, 9.17) is 10.4 Å². The zero-order valence-electron chi connectivity index (χ0n) is 6.85. The van der Waals surface area contributed by atoms with Crippen LogP contribution in [0.5, 0.6) is 5.75 Å². The molecule has 0 aromatic heterocycles. The van der Waals surface area contributed by atoms with Gasteiger partial charge in [0, 0.05) is 0 Å². The van der Waals surface area contributed by atoms with Crippen LogP contribution < -0.4 is 4.89 Å². The Kier molecular flexibility index (Phi) is 2.84. The van der Waals surface area contributed by atoms with Crippen LogP contribution in [0.1, 0.15) is 15.9 Å². The Bertz CT molecular complexity index is 320. The normalized spacial score (nSPS) is 9.69. The summed E-state index contributed by atoms with van der Waals surface area (Å²) >= 11 is 0. The van der Waals surface area contributed by atoms with Crippen molar-refractivity contribution >= 4 is 5.97 Å². The average Bonchev–Trinajstić information content (AvgIpc) is 2.03. The largest absolute Gasteiger partial charge is 0.478 e. The third-order valence-corrected chi connectivity index (χ3v) is 1.43. The van der Waals surface area contributed by atoms with Crippen LogP contribution >= 0.6 is 0 Å². The number of carboxylic acid groups (broad SMARTS) is 1. The second-order valence-corrected chi connectivity index (χ2v) is 2.50. The highest BCUT2D eigenvalue weighted by molar-refractivity contribution is 5.88. The topological polar surface area (TPSA) is 76.0 Å². The Morgan fingerprint density at radius 2 is 2.08 bits per heavy atom. The van der Waals surface area contributed by atoms with E-state index in [-0.39, 0.29) is 11.3 Å². The fourth-order valence-electron chi connectivity index (χ4n) is 0.963. The second kappa shape index (κ2) is 3.88. The van der Waals surface area contributed by atoms with E-state index >= 15 is 0 Å². The lowest BCUT2D eigenvalue weighted by Gasteiger charge is -2.01. The summed E-state index contributed by atoms with van der Waals surface area (Å²) < 4.78 is 0. The smallest absolute Gasteiger partial charge is 0.335 e. The Hall–Kier alpha value is -1.59. The first-order chi connectivity index (χ1) is 6.13. The number of aromatic carboxylic acids is 1. The molecule has 0 radical (unpaired) electrons. The molecule has 2 N–H and O–H groups in total. The lowest BCUT2D eigenvalue weighted by atomic mass is 10.1. The molecule has 0 amide bonds. The zero-order valence-corrected chi connectivity index (χ0v) is 6.85. The van der Waals surface area contributed by atoms with Gasteiger partial charge in [0.2, 0.25) is 0 Å². The molecule has 0 unspecified atom stereocenters. The van der Waals surface area contributed by atoms with Crippen LogP contribution in [0.3, 0.4) is 0 Å². The van der Waals surface area contributed by atoms with Crippen molar-refractivity contribution in [1.82, 2.24) is 0 Å². The van der Waals surface area contributed by atoms with Gasteiger partial charge in [0.05, 0.1) is 5.56 Å². The van der Waals surface area contributed by atoms with Crippen molar-refractivity contribution in [1.29, 1.82) is 0 Å². The van der Waals surface area contributed by atoms with Crippen molar-refractivity contribution in [2.45, 2.75) is 6.92 Å². The maximum Gasteiger partial charge on any atom is 0.335 e. The van der Waals surface area contributed by atoms with Gasteiger partial charge in [-0.05, 0) is 35.7 Å². The van der Waals surface area contributed by atoms with Gasteiger partial charge in [-0.1, -0.05) is 0 Å². The number of aryl methyl sites for hydroxylation is 1. The van der Waals surface area contributed by atoms with Crippen molar-refractivity contribution in [3.05, 3.63) is 29.3 Å². The maximum absolute atomic E-state index is 10.6. The predicted molar refractivity (Wildman–Crippen MR) is 42.5 cm³/mol. The van der Waals surface area contributed by atoms with Crippen LogP contribution in [0.15, 0.2) is 18.2 Å². The van der Waals surface area contributed by atoms with Gasteiger partial charge < -0.3 is 9.99 Å². The van der Waals surface area contributed by atoms with E-state index < -0.39 is 5.97 Å². The molecule has 0 aliphatic rings. The lowest BCUT2D eigenvalue weighted by Crippen LogP contribution is -1.99. The molecule has 0 saturated carbocycles. The van der Waals surface area contributed by atoms with Gasteiger partial charge in [-0.2, -0.15) is 0 Å². The summed E-state index contributed by atoms with van der Waals surface area (Å²) in [6.07, 6.45) is 0. The molecular formula is C8H8O5. The van der Waals surface area contributed by atoms with E-state index in [9.17, 15) is 4.79 Å². The fraction of sp³-hybridized carbons (Fsp3) is 0.125. The molecule has 1 rings (SSSR count). The zero-order chi connectivity index (χ0) is 9.84. The molecule has 0 spiro atoms. The summed E-state index contributed by atoms with van der Waals surface area (Å²) in [5.74, 6) is -0.925. The van der Waals surface area contributed by atoms with Crippen LogP contribution in [0.25, 0.3) is 0 Å². The molecule has 0 aliphatic carbocycles. The number of hydrogen-bond acceptors (Lipinski definition) is 4. The number of carboxylic acids is 1. The van der Waals surface area contributed by atoms with Crippen LogP contribution in [-0.4, -0.2) is 16.3 Å². The highest BCUT2D eigenvalue weighted by atomic mass is 17.5. The maximum atomic E-state index is 10.6. The van der Waals surface area contributed by atoms with E-state index in [2.05, 4.69) is 9.93 Å². The van der Waals surface area contributed by atoms with E-state index in [1.165, 1.54) is 18.2 Å². The quantitative estimate of drug-likeness (QED) is 0.549. The SMILES string of the molecule is Cc1cc(OOO)cc(C(=O)O)c1. The van der Waals surface area contributed by atoms with Crippen molar-refractivity contribution in [3.8, 4) is 5.75 Å². The minimum Gasteiger partial charge on any atom is -0.478 e. The standard InChI is InChI=1S/C8H8O5/c1-5-2-6(8(9)10)4-7(3-5)12-13-11/h2-4,11H,1H3,(H,9,10). The first-order valence-electron chi connectivity index (χ1n) is 3.46. The molecule has 0 heterocycles. The summed E-state index contributed by atoms with van der Waals surface area (Å²) in [6, 6.07) is 4.25. The summed E-state index contributed by atoms with van der Waals surface area (Å²) in [5, 5.41) is 20.0. The van der Waals surface area contributed by atoms with Gasteiger partial charge in [-0.3, -0.25) is 0 Å². The fourth-order valence-corrected chi connectivity index (χ4v) is 0.963. The molecular weight excluding hydrogens is 176 g/mol. The molecule has 0 bridgehead atoms. The summed E-state index contributed by atoms with van der Waals surface area (Å²) in [4.78, 5) is 14.8. The molecule has 13 heavy (non-hydrogen) atoms. The summed E-state index contributed by atoms with van der Waals surface area (Å²) in [5.41, 5.74) is 0.777. The van der Waals surface area contributed by atoms with Gasteiger partial charge in [-0.15, -0.1) is 0 Å². The van der Waals surface area contributed by atoms with Crippen molar-refractivity contribution in [2.75, 3.05) is 0 Å². The molecule has 0 fully saturated rings. The van der Waals surface area contributed by atoms with Crippen LogP contribution in [0.4, 0.5) is 0 Å². The molecule has 5 nitrogen and oxygen atoms in total. The highest BCUT2D eigenvalue weighted by Crippen LogP contribution is 2.16. The third kappa shape index (κ3) is 2.43. The lowest BCUT2D eigenvalue weighted by molar-refractivity contribution is -0.438. The van der Waals surface area contributed by atoms with E-state index in [0.717, 1.165) is 0 Å². The molecule has 0 atom stereocenters. The molecule has 0 saturated heterocycles. The monoisotopic (exact) mass is 184 g/mol. The van der Waals surface area contributed by atoms with Crippen molar-refractivity contribution in [2.24, 2.45) is 0 Å². The van der Waals surface area contributed by atoms with Crippen LogP contribution in [0.2, 0.25) is 0 Å². The third-order valence-electron chi connectivity index (χ3n) is 1.43. The number of carbonyl (C=O) groups is 1. The van der Waals surface area contributed by atoms with E-state index in [1.807, 2.05) is 0 Å². The van der Waals surface area contributed by atoms with Crippen molar-refractivity contribution in [3.63, 3.8) is 0 Å². The van der Waals surface area contributed by atoms with Crippen LogP contribution in [-0.2, 0) is 5.04 Å². The van der Waals surface area contributed by atoms with Gasteiger partial charge >= 0.3 is 5.97 Å². The summed E-state index contributed by atoms with van der Waals surface area (Å²) in [7, 11) is 0. The number of rotatable bonds is 3. The Morgan fingerprint density at radius 1 is 1.38 bits per heavy atom. The molecule has 70 valence electrons. The van der Waals surface area contributed by atoms with Crippen LogP contribution in [0, 0.1) is 6.92 Å².